The van der Waals surface area contributed by atoms with Crippen LogP contribution in [0.15, 0.2) is 17.3 Å². The highest BCUT2D eigenvalue weighted by atomic mass is 127. The molecule has 0 atom stereocenters. The minimum atomic E-state index is -0.437. The first-order valence-electron chi connectivity index (χ1n) is 4.55. The van der Waals surface area contributed by atoms with Crippen LogP contribution in [0.25, 0.3) is 0 Å². The molecule has 0 heterocycles. The average molecular weight is 293 g/mol. The molecule has 0 radical (unpaired) electrons. The Hall–Kier alpha value is 0.1000. The molecule has 1 fully saturated rings. The summed E-state index contributed by atoms with van der Waals surface area (Å²) in [5, 5.41) is 9.58. The van der Waals surface area contributed by atoms with Crippen molar-refractivity contribution in [2.24, 2.45) is 10.9 Å². The molecule has 0 bridgehead atoms. The van der Waals surface area contributed by atoms with Gasteiger partial charge in [0, 0.05) is 22.3 Å². The lowest BCUT2D eigenvalue weighted by molar-refractivity contribution is -0.0356. The molecule has 1 rings (SSSR count). The number of aliphatic hydroxyl groups is 1. The Morgan fingerprint density at radius 1 is 1.69 bits per heavy atom. The molecule has 2 nitrogen and oxygen atoms in total. The van der Waals surface area contributed by atoms with Crippen LogP contribution in [0.4, 0.5) is 0 Å². The average Bonchev–Trinajstić information content (AvgIpc) is 2.02. The molecule has 13 heavy (non-hydrogen) atoms. The summed E-state index contributed by atoms with van der Waals surface area (Å²) in [4.78, 5) is 4.37. The number of rotatable bonds is 3. The standard InChI is InChI=1S/C10H16INO/c1-3-4-12-9(7-11)8-5-10(2,13)6-8/h3-4,8,13H,5-7H2,1-2H3/b4-3-,12-9?. The Balaban J connectivity index is 2.51. The summed E-state index contributed by atoms with van der Waals surface area (Å²) in [7, 11) is 0. The van der Waals surface area contributed by atoms with Crippen molar-refractivity contribution in [1.29, 1.82) is 0 Å². The van der Waals surface area contributed by atoms with Crippen molar-refractivity contribution >= 4 is 28.3 Å². The van der Waals surface area contributed by atoms with Gasteiger partial charge in [0.1, 0.15) is 0 Å². The molecule has 0 aliphatic heterocycles. The summed E-state index contributed by atoms with van der Waals surface area (Å²) in [6.45, 7) is 3.86. The topological polar surface area (TPSA) is 32.6 Å². The van der Waals surface area contributed by atoms with Crippen LogP contribution in [0.2, 0.25) is 0 Å². The Morgan fingerprint density at radius 2 is 2.31 bits per heavy atom. The molecule has 74 valence electrons. The van der Waals surface area contributed by atoms with Crippen molar-refractivity contribution in [3.8, 4) is 0 Å². The maximum atomic E-state index is 9.58. The fourth-order valence-corrected chi connectivity index (χ4v) is 2.48. The highest BCUT2D eigenvalue weighted by Gasteiger charge is 2.40. The number of hydrogen-bond acceptors (Lipinski definition) is 2. The first-order valence-corrected chi connectivity index (χ1v) is 6.07. The minimum Gasteiger partial charge on any atom is -0.390 e. The van der Waals surface area contributed by atoms with Crippen LogP contribution in [0.5, 0.6) is 0 Å². The summed E-state index contributed by atoms with van der Waals surface area (Å²) < 4.78 is 0.961. The van der Waals surface area contributed by atoms with Gasteiger partial charge in [-0.1, -0.05) is 28.7 Å². The Kier molecular flexibility index (Phi) is 3.91. The number of hydrogen-bond donors (Lipinski definition) is 1. The molecule has 3 heteroatoms. The Bertz CT molecular complexity index is 225. The molecule has 0 aromatic rings. The first kappa shape index (κ1) is 11.2. The van der Waals surface area contributed by atoms with E-state index in [0.717, 1.165) is 17.3 Å². The maximum absolute atomic E-state index is 9.58. The third kappa shape index (κ3) is 3.06. The van der Waals surface area contributed by atoms with Crippen LogP contribution in [-0.2, 0) is 0 Å². The summed E-state index contributed by atoms with van der Waals surface area (Å²) in [6, 6.07) is 0. The zero-order valence-electron chi connectivity index (χ0n) is 8.13. The van der Waals surface area contributed by atoms with Crippen molar-refractivity contribution in [2.75, 3.05) is 4.43 Å². The van der Waals surface area contributed by atoms with Crippen molar-refractivity contribution in [1.82, 2.24) is 0 Å². The molecule has 1 saturated carbocycles. The van der Waals surface area contributed by atoms with Crippen LogP contribution in [0, 0.1) is 5.92 Å². The van der Waals surface area contributed by atoms with Gasteiger partial charge in [0.15, 0.2) is 0 Å². The van der Waals surface area contributed by atoms with E-state index in [1.165, 1.54) is 5.71 Å². The highest BCUT2D eigenvalue weighted by Crippen LogP contribution is 2.38. The molecule has 1 N–H and O–H groups in total. The lowest BCUT2D eigenvalue weighted by Gasteiger charge is -2.41. The lowest BCUT2D eigenvalue weighted by Crippen LogP contribution is -2.44. The quantitative estimate of drug-likeness (QED) is 0.484. The van der Waals surface area contributed by atoms with Gasteiger partial charge in [-0.2, -0.15) is 0 Å². The third-order valence-electron chi connectivity index (χ3n) is 2.37. The number of halogens is 1. The zero-order chi connectivity index (χ0) is 9.90. The predicted molar refractivity (Wildman–Crippen MR) is 64.5 cm³/mol. The Labute approximate surface area is 93.3 Å². The van der Waals surface area contributed by atoms with Gasteiger partial charge in [-0.15, -0.1) is 0 Å². The van der Waals surface area contributed by atoms with Crippen LogP contribution in [0.1, 0.15) is 26.7 Å². The van der Waals surface area contributed by atoms with Gasteiger partial charge in [0.2, 0.25) is 0 Å². The van der Waals surface area contributed by atoms with Gasteiger partial charge in [-0.05, 0) is 26.7 Å². The van der Waals surface area contributed by atoms with Crippen molar-refractivity contribution in [3.63, 3.8) is 0 Å². The molecule has 0 spiro atoms. The maximum Gasteiger partial charge on any atom is 0.0632 e. The van der Waals surface area contributed by atoms with E-state index in [0.29, 0.717) is 5.92 Å². The molecule has 1 aliphatic rings. The van der Waals surface area contributed by atoms with E-state index in [2.05, 4.69) is 27.6 Å². The smallest absolute Gasteiger partial charge is 0.0632 e. The third-order valence-corrected chi connectivity index (χ3v) is 3.15. The molecule has 0 aromatic carbocycles. The van der Waals surface area contributed by atoms with Crippen molar-refractivity contribution < 1.29 is 5.11 Å². The van der Waals surface area contributed by atoms with Crippen LogP contribution in [0.3, 0.4) is 0 Å². The number of nitrogens with zero attached hydrogens (tertiary/aromatic N) is 1. The van der Waals surface area contributed by atoms with Gasteiger partial charge >= 0.3 is 0 Å². The first-order chi connectivity index (χ1) is 6.09. The lowest BCUT2D eigenvalue weighted by atomic mass is 9.70. The second kappa shape index (κ2) is 4.55. The molecule has 0 unspecified atom stereocenters. The predicted octanol–water partition coefficient (Wildman–Crippen LogP) is 2.56. The van der Waals surface area contributed by atoms with E-state index in [1.807, 2.05) is 26.1 Å². The van der Waals surface area contributed by atoms with Crippen LogP contribution >= 0.6 is 22.6 Å². The largest absolute Gasteiger partial charge is 0.390 e. The molecular formula is C10H16INO. The van der Waals surface area contributed by atoms with E-state index in [9.17, 15) is 5.11 Å². The second-order valence-corrected chi connectivity index (χ2v) is 4.60. The van der Waals surface area contributed by atoms with E-state index in [4.69, 9.17) is 0 Å². The number of aliphatic imine (C=N–C) groups is 1. The number of alkyl halides is 1. The van der Waals surface area contributed by atoms with E-state index < -0.39 is 5.60 Å². The fraction of sp³-hybridized carbons (Fsp3) is 0.700. The van der Waals surface area contributed by atoms with Gasteiger partial charge in [-0.25, -0.2) is 0 Å². The van der Waals surface area contributed by atoms with Crippen LogP contribution in [-0.4, -0.2) is 20.8 Å². The summed E-state index contributed by atoms with van der Waals surface area (Å²) in [6.07, 6.45) is 5.50. The molecule has 0 saturated heterocycles. The van der Waals surface area contributed by atoms with Crippen molar-refractivity contribution in [3.05, 3.63) is 12.3 Å². The SMILES string of the molecule is C/C=C\N=C(CI)C1CC(C)(O)C1. The molecule has 0 amide bonds. The van der Waals surface area contributed by atoms with Crippen LogP contribution < -0.4 is 0 Å². The van der Waals surface area contributed by atoms with E-state index in [1.54, 1.807) is 0 Å². The summed E-state index contributed by atoms with van der Waals surface area (Å²) in [5.41, 5.74) is 0.776. The normalized spacial score (nSPS) is 35.1. The molecule has 0 aromatic heterocycles. The summed E-state index contributed by atoms with van der Waals surface area (Å²) in [5.74, 6) is 0.503. The van der Waals surface area contributed by atoms with Gasteiger partial charge in [0.05, 0.1) is 5.60 Å². The van der Waals surface area contributed by atoms with Crippen molar-refractivity contribution in [2.45, 2.75) is 32.3 Å². The van der Waals surface area contributed by atoms with E-state index in [-0.39, 0.29) is 0 Å². The number of allylic oxidation sites excluding steroid dienone is 1. The van der Waals surface area contributed by atoms with Gasteiger partial charge in [-0.3, -0.25) is 4.99 Å². The molecular weight excluding hydrogens is 277 g/mol. The zero-order valence-corrected chi connectivity index (χ0v) is 10.3. The molecule has 1 aliphatic carbocycles. The summed E-state index contributed by atoms with van der Waals surface area (Å²) >= 11 is 2.33. The Morgan fingerprint density at radius 3 is 2.69 bits per heavy atom. The second-order valence-electron chi connectivity index (χ2n) is 3.84. The minimum absolute atomic E-state index is 0.437. The monoisotopic (exact) mass is 293 g/mol. The fourth-order valence-electron chi connectivity index (χ4n) is 1.66. The van der Waals surface area contributed by atoms with Gasteiger partial charge in [0.25, 0.3) is 0 Å². The van der Waals surface area contributed by atoms with E-state index >= 15 is 0 Å². The van der Waals surface area contributed by atoms with Gasteiger partial charge < -0.3 is 5.11 Å². The highest BCUT2D eigenvalue weighted by molar-refractivity contribution is 14.1.